The Hall–Kier alpha value is -1.55. The second kappa shape index (κ2) is 4.85. The minimum atomic E-state index is 0.238. The molecule has 1 aliphatic carbocycles. The van der Waals surface area contributed by atoms with Gasteiger partial charge in [0.05, 0.1) is 6.20 Å². The van der Waals surface area contributed by atoms with E-state index in [1.165, 1.54) is 35.4 Å². The van der Waals surface area contributed by atoms with E-state index in [-0.39, 0.29) is 6.04 Å². The summed E-state index contributed by atoms with van der Waals surface area (Å²) in [5, 5.41) is 4.23. The van der Waals surface area contributed by atoms with Crippen molar-refractivity contribution in [1.82, 2.24) is 14.3 Å². The standard InChI is InChI=1S/C15H22N4/c1-11-8-13-14(16)4-3-5-15(13)19(11)7-6-12-9-17-18(2)10-12/h8-10,14H,3-7,16H2,1-2H3. The van der Waals surface area contributed by atoms with Gasteiger partial charge in [-0.25, -0.2) is 0 Å². The highest BCUT2D eigenvalue weighted by molar-refractivity contribution is 5.32. The van der Waals surface area contributed by atoms with Crippen LogP contribution in [0.4, 0.5) is 0 Å². The van der Waals surface area contributed by atoms with E-state index in [0.717, 1.165) is 19.4 Å². The molecular formula is C15H22N4. The Morgan fingerprint density at radius 1 is 1.47 bits per heavy atom. The Bertz CT molecular complexity index is 579. The molecule has 2 aromatic rings. The zero-order valence-corrected chi connectivity index (χ0v) is 11.8. The number of nitrogens with zero attached hydrogens (tertiary/aromatic N) is 3. The van der Waals surface area contributed by atoms with Crippen LogP contribution in [0.1, 0.15) is 41.4 Å². The molecule has 1 atom stereocenters. The van der Waals surface area contributed by atoms with Crippen LogP contribution in [0.25, 0.3) is 0 Å². The first kappa shape index (κ1) is 12.5. The minimum absolute atomic E-state index is 0.238. The molecule has 0 amide bonds. The molecule has 102 valence electrons. The highest BCUT2D eigenvalue weighted by Crippen LogP contribution is 2.30. The lowest BCUT2D eigenvalue weighted by atomic mass is 9.93. The summed E-state index contributed by atoms with van der Waals surface area (Å²) < 4.78 is 4.31. The van der Waals surface area contributed by atoms with Gasteiger partial charge in [0.2, 0.25) is 0 Å². The molecular weight excluding hydrogens is 236 g/mol. The molecule has 0 fully saturated rings. The summed E-state index contributed by atoms with van der Waals surface area (Å²) >= 11 is 0. The maximum Gasteiger partial charge on any atom is 0.0522 e. The SMILES string of the molecule is Cc1cc2c(n1CCc1cnn(C)c1)CCCC2N. The van der Waals surface area contributed by atoms with E-state index in [2.05, 4.69) is 28.9 Å². The van der Waals surface area contributed by atoms with Crippen molar-refractivity contribution in [2.24, 2.45) is 12.8 Å². The third-order valence-electron chi connectivity index (χ3n) is 4.16. The van der Waals surface area contributed by atoms with Crippen LogP contribution in [0.5, 0.6) is 0 Å². The molecule has 0 bridgehead atoms. The van der Waals surface area contributed by atoms with Gasteiger partial charge in [-0.15, -0.1) is 0 Å². The lowest BCUT2D eigenvalue weighted by Crippen LogP contribution is -2.18. The van der Waals surface area contributed by atoms with E-state index < -0.39 is 0 Å². The van der Waals surface area contributed by atoms with E-state index in [0.29, 0.717) is 0 Å². The second-order valence-corrected chi connectivity index (χ2v) is 5.61. The van der Waals surface area contributed by atoms with Crippen LogP contribution in [0.15, 0.2) is 18.5 Å². The molecule has 0 spiro atoms. The molecule has 19 heavy (non-hydrogen) atoms. The lowest BCUT2D eigenvalue weighted by Gasteiger charge is -2.21. The van der Waals surface area contributed by atoms with Gasteiger partial charge < -0.3 is 10.3 Å². The summed E-state index contributed by atoms with van der Waals surface area (Å²) in [5.74, 6) is 0. The molecule has 0 saturated carbocycles. The quantitative estimate of drug-likeness (QED) is 0.916. The van der Waals surface area contributed by atoms with Crippen LogP contribution in [-0.2, 0) is 26.4 Å². The number of fused-ring (bicyclic) bond motifs is 1. The zero-order chi connectivity index (χ0) is 13.4. The third kappa shape index (κ3) is 2.32. The Morgan fingerprint density at radius 2 is 2.32 bits per heavy atom. The zero-order valence-electron chi connectivity index (χ0n) is 11.8. The topological polar surface area (TPSA) is 48.8 Å². The first-order valence-electron chi connectivity index (χ1n) is 7.07. The average molecular weight is 258 g/mol. The molecule has 0 aromatic carbocycles. The molecule has 4 nitrogen and oxygen atoms in total. The van der Waals surface area contributed by atoms with Crippen molar-refractivity contribution in [3.05, 3.63) is 41.0 Å². The summed E-state index contributed by atoms with van der Waals surface area (Å²) in [6.45, 7) is 3.22. The van der Waals surface area contributed by atoms with Crippen molar-refractivity contribution < 1.29 is 0 Å². The molecule has 2 heterocycles. The molecule has 2 aromatic heterocycles. The molecule has 3 rings (SSSR count). The van der Waals surface area contributed by atoms with E-state index >= 15 is 0 Å². The Morgan fingerprint density at radius 3 is 3.05 bits per heavy atom. The van der Waals surface area contributed by atoms with Crippen molar-refractivity contribution in [2.75, 3.05) is 0 Å². The van der Waals surface area contributed by atoms with Crippen LogP contribution in [0.2, 0.25) is 0 Å². The van der Waals surface area contributed by atoms with E-state index in [9.17, 15) is 0 Å². The molecule has 2 N–H and O–H groups in total. The second-order valence-electron chi connectivity index (χ2n) is 5.61. The first-order chi connectivity index (χ1) is 9.15. The van der Waals surface area contributed by atoms with E-state index in [1.807, 2.05) is 17.9 Å². The fraction of sp³-hybridized carbons (Fsp3) is 0.533. The van der Waals surface area contributed by atoms with Gasteiger partial charge in [-0.2, -0.15) is 5.10 Å². The monoisotopic (exact) mass is 258 g/mol. The minimum Gasteiger partial charge on any atom is -0.348 e. The van der Waals surface area contributed by atoms with Gasteiger partial charge in [-0.05, 0) is 49.8 Å². The van der Waals surface area contributed by atoms with Crippen molar-refractivity contribution in [1.29, 1.82) is 0 Å². The fourth-order valence-electron chi connectivity index (χ4n) is 3.15. The first-order valence-corrected chi connectivity index (χ1v) is 7.07. The van der Waals surface area contributed by atoms with Gasteiger partial charge in [-0.3, -0.25) is 4.68 Å². The number of nitrogens with two attached hydrogens (primary N) is 1. The number of hydrogen-bond acceptors (Lipinski definition) is 2. The lowest BCUT2D eigenvalue weighted by molar-refractivity contribution is 0.536. The normalized spacial score (nSPS) is 18.6. The van der Waals surface area contributed by atoms with Crippen LogP contribution >= 0.6 is 0 Å². The maximum absolute atomic E-state index is 6.21. The molecule has 1 unspecified atom stereocenters. The predicted molar refractivity (Wildman–Crippen MR) is 75.9 cm³/mol. The summed E-state index contributed by atoms with van der Waals surface area (Å²) in [6.07, 6.45) is 8.59. The fourth-order valence-corrected chi connectivity index (χ4v) is 3.15. The van der Waals surface area contributed by atoms with Crippen molar-refractivity contribution in [3.8, 4) is 0 Å². The highest BCUT2D eigenvalue weighted by Gasteiger charge is 2.21. The molecule has 0 saturated heterocycles. The van der Waals surface area contributed by atoms with E-state index in [4.69, 9.17) is 5.73 Å². The summed E-state index contributed by atoms with van der Waals surface area (Å²) in [4.78, 5) is 0. The Kier molecular flexibility index (Phi) is 3.19. The summed E-state index contributed by atoms with van der Waals surface area (Å²) in [5.41, 5.74) is 11.7. The van der Waals surface area contributed by atoms with Crippen LogP contribution < -0.4 is 5.73 Å². The molecule has 1 aliphatic rings. The van der Waals surface area contributed by atoms with Gasteiger partial charge in [0.25, 0.3) is 0 Å². The van der Waals surface area contributed by atoms with Gasteiger partial charge in [0.1, 0.15) is 0 Å². The number of aromatic nitrogens is 3. The largest absolute Gasteiger partial charge is 0.348 e. The molecule has 0 aliphatic heterocycles. The van der Waals surface area contributed by atoms with Gasteiger partial charge >= 0.3 is 0 Å². The maximum atomic E-state index is 6.21. The third-order valence-corrected chi connectivity index (χ3v) is 4.16. The number of rotatable bonds is 3. The molecule has 0 radical (unpaired) electrons. The molecule has 4 heteroatoms. The van der Waals surface area contributed by atoms with Gasteiger partial charge in [0.15, 0.2) is 0 Å². The number of hydrogen-bond donors (Lipinski definition) is 1. The Balaban J connectivity index is 1.81. The number of aryl methyl sites for hydroxylation is 3. The smallest absolute Gasteiger partial charge is 0.0522 e. The average Bonchev–Trinajstić information content (AvgIpc) is 2.92. The van der Waals surface area contributed by atoms with Crippen molar-refractivity contribution >= 4 is 0 Å². The van der Waals surface area contributed by atoms with E-state index in [1.54, 1.807) is 0 Å². The Labute approximate surface area is 114 Å². The highest BCUT2D eigenvalue weighted by atomic mass is 15.2. The van der Waals surface area contributed by atoms with Crippen molar-refractivity contribution in [3.63, 3.8) is 0 Å². The van der Waals surface area contributed by atoms with Crippen LogP contribution in [-0.4, -0.2) is 14.3 Å². The van der Waals surface area contributed by atoms with Crippen molar-refractivity contribution in [2.45, 2.75) is 45.2 Å². The van der Waals surface area contributed by atoms with Crippen LogP contribution in [0, 0.1) is 6.92 Å². The van der Waals surface area contributed by atoms with Gasteiger partial charge in [-0.1, -0.05) is 0 Å². The van der Waals surface area contributed by atoms with Gasteiger partial charge in [0, 0.05) is 37.2 Å². The predicted octanol–water partition coefficient (Wildman–Crippen LogP) is 2.11. The summed E-state index contributed by atoms with van der Waals surface area (Å²) in [6, 6.07) is 2.52. The summed E-state index contributed by atoms with van der Waals surface area (Å²) in [7, 11) is 1.96. The van der Waals surface area contributed by atoms with Crippen LogP contribution in [0.3, 0.4) is 0 Å².